The number of fused-ring (bicyclic) bond motifs is 2. The molecule has 0 bridgehead atoms. The van der Waals surface area contributed by atoms with Crippen LogP contribution in [0.5, 0.6) is 0 Å². The molecular formula is C34H32N4O2. The molecule has 6 aromatic rings. The molecule has 0 saturated carbocycles. The standard InChI is InChI=1S/2C17H16N2O/c2*20-17(13-6-2-1-3-7-13)18-11-10-14-12-19-16-9-5-4-8-15(14)16/h2*1-9,12,19H,10-11H2,(H,18,20). The van der Waals surface area contributed by atoms with Crippen LogP contribution in [0.15, 0.2) is 122 Å². The van der Waals surface area contributed by atoms with Gasteiger partial charge in [-0.15, -0.1) is 0 Å². The number of aromatic nitrogens is 2. The summed E-state index contributed by atoms with van der Waals surface area (Å²) < 4.78 is 0. The molecule has 2 aromatic heterocycles. The van der Waals surface area contributed by atoms with Crippen molar-refractivity contribution in [2.45, 2.75) is 12.8 Å². The molecule has 200 valence electrons. The number of H-pyrrole nitrogens is 2. The van der Waals surface area contributed by atoms with Crippen molar-refractivity contribution in [3.63, 3.8) is 0 Å². The molecule has 0 saturated heterocycles. The van der Waals surface area contributed by atoms with Gasteiger partial charge in [0.2, 0.25) is 0 Å². The molecule has 40 heavy (non-hydrogen) atoms. The number of amides is 2. The van der Waals surface area contributed by atoms with E-state index in [4.69, 9.17) is 0 Å². The van der Waals surface area contributed by atoms with E-state index >= 15 is 0 Å². The highest BCUT2D eigenvalue weighted by Crippen LogP contribution is 2.18. The number of hydrogen-bond acceptors (Lipinski definition) is 2. The summed E-state index contributed by atoms with van der Waals surface area (Å²) in [7, 11) is 0. The molecule has 0 aliphatic carbocycles. The summed E-state index contributed by atoms with van der Waals surface area (Å²) in [5, 5.41) is 8.35. The fourth-order valence-corrected chi connectivity index (χ4v) is 4.68. The second kappa shape index (κ2) is 13.1. The molecule has 0 unspecified atom stereocenters. The smallest absolute Gasteiger partial charge is 0.251 e. The van der Waals surface area contributed by atoms with Crippen molar-refractivity contribution in [3.05, 3.63) is 144 Å². The van der Waals surface area contributed by atoms with Gasteiger partial charge in [-0.25, -0.2) is 0 Å². The first-order chi connectivity index (χ1) is 19.7. The Labute approximate surface area is 233 Å². The molecule has 0 fully saturated rings. The van der Waals surface area contributed by atoms with Crippen LogP contribution in [0, 0.1) is 0 Å². The van der Waals surface area contributed by atoms with Gasteiger partial charge in [0.05, 0.1) is 0 Å². The van der Waals surface area contributed by atoms with Crippen molar-refractivity contribution in [1.82, 2.24) is 20.6 Å². The first kappa shape index (κ1) is 26.5. The van der Waals surface area contributed by atoms with Crippen LogP contribution >= 0.6 is 0 Å². The molecule has 6 rings (SSSR count). The monoisotopic (exact) mass is 528 g/mol. The molecule has 0 aliphatic rings. The van der Waals surface area contributed by atoms with Crippen LogP contribution in [0.1, 0.15) is 31.8 Å². The van der Waals surface area contributed by atoms with Crippen molar-refractivity contribution >= 4 is 33.6 Å². The Morgan fingerprint density at radius 1 is 0.500 bits per heavy atom. The highest BCUT2D eigenvalue weighted by Gasteiger charge is 2.07. The van der Waals surface area contributed by atoms with E-state index in [1.165, 1.54) is 21.9 Å². The Bertz CT molecular complexity index is 1560. The summed E-state index contributed by atoms with van der Waals surface area (Å²) in [5.74, 6) is -0.0455. The number of carbonyl (C=O) groups is 2. The van der Waals surface area contributed by atoms with Crippen molar-refractivity contribution in [2.24, 2.45) is 0 Å². The van der Waals surface area contributed by atoms with Gasteiger partial charge in [0.25, 0.3) is 11.8 Å². The number of aromatic amines is 2. The molecule has 2 amide bonds. The minimum absolute atomic E-state index is 0.0227. The van der Waals surface area contributed by atoms with Crippen molar-refractivity contribution in [3.8, 4) is 0 Å². The molecule has 0 atom stereocenters. The largest absolute Gasteiger partial charge is 0.361 e. The van der Waals surface area contributed by atoms with Crippen molar-refractivity contribution in [2.75, 3.05) is 13.1 Å². The lowest BCUT2D eigenvalue weighted by Crippen LogP contribution is -2.25. The lowest BCUT2D eigenvalue weighted by molar-refractivity contribution is 0.0946. The average molecular weight is 529 g/mol. The zero-order valence-corrected chi connectivity index (χ0v) is 22.2. The summed E-state index contributed by atoms with van der Waals surface area (Å²) in [6.07, 6.45) is 5.67. The molecule has 6 heteroatoms. The maximum absolute atomic E-state index is 11.9. The Kier molecular flexibility index (Phi) is 8.69. The first-order valence-electron chi connectivity index (χ1n) is 13.5. The van der Waals surface area contributed by atoms with Crippen LogP contribution < -0.4 is 10.6 Å². The predicted octanol–water partition coefficient (Wildman–Crippen LogP) is 6.28. The van der Waals surface area contributed by atoms with Crippen LogP contribution in [-0.4, -0.2) is 34.9 Å². The van der Waals surface area contributed by atoms with Gasteiger partial charge in [0.15, 0.2) is 0 Å². The normalized spacial score (nSPS) is 10.6. The van der Waals surface area contributed by atoms with Gasteiger partial charge in [-0.2, -0.15) is 0 Å². The van der Waals surface area contributed by atoms with Crippen LogP contribution in [0.3, 0.4) is 0 Å². The molecule has 0 spiro atoms. The molecule has 0 aliphatic heterocycles. The zero-order valence-electron chi connectivity index (χ0n) is 22.2. The number of nitrogens with one attached hydrogen (secondary N) is 4. The number of rotatable bonds is 8. The molecule has 4 N–H and O–H groups in total. The summed E-state index contributed by atoms with van der Waals surface area (Å²) in [4.78, 5) is 30.3. The van der Waals surface area contributed by atoms with Gasteiger partial charge < -0.3 is 20.6 Å². The fourth-order valence-electron chi connectivity index (χ4n) is 4.68. The Morgan fingerprint density at radius 2 is 0.875 bits per heavy atom. The summed E-state index contributed by atoms with van der Waals surface area (Å²) in [6.45, 7) is 1.27. The Morgan fingerprint density at radius 3 is 1.30 bits per heavy atom. The topological polar surface area (TPSA) is 89.8 Å². The third-order valence-electron chi connectivity index (χ3n) is 6.78. The van der Waals surface area contributed by atoms with Gasteiger partial charge >= 0.3 is 0 Å². The molecule has 2 heterocycles. The highest BCUT2D eigenvalue weighted by molar-refractivity contribution is 5.94. The average Bonchev–Trinajstić information content (AvgIpc) is 3.62. The summed E-state index contributed by atoms with van der Waals surface area (Å²) in [6, 6.07) is 35.0. The van der Waals surface area contributed by atoms with E-state index < -0.39 is 0 Å². The third kappa shape index (κ3) is 6.66. The zero-order chi connectivity index (χ0) is 27.6. The van der Waals surface area contributed by atoms with E-state index in [1.807, 2.05) is 97.3 Å². The van der Waals surface area contributed by atoms with Gasteiger partial charge in [0.1, 0.15) is 0 Å². The third-order valence-corrected chi connectivity index (χ3v) is 6.78. The maximum atomic E-state index is 11.9. The SMILES string of the molecule is O=C(NCCc1c[nH]c2ccccc12)c1ccccc1.O=C(NCCc1c[nH]c2ccccc12)c1ccccc1. The minimum Gasteiger partial charge on any atom is -0.361 e. The van der Waals surface area contributed by atoms with E-state index in [1.54, 1.807) is 0 Å². The predicted molar refractivity (Wildman–Crippen MR) is 162 cm³/mol. The van der Waals surface area contributed by atoms with E-state index in [2.05, 4.69) is 44.9 Å². The lowest BCUT2D eigenvalue weighted by Gasteiger charge is -2.04. The number of carbonyl (C=O) groups excluding carboxylic acids is 2. The van der Waals surface area contributed by atoms with Crippen molar-refractivity contribution < 1.29 is 9.59 Å². The molecule has 6 nitrogen and oxygen atoms in total. The number of hydrogen-bond donors (Lipinski definition) is 4. The quantitative estimate of drug-likeness (QED) is 0.187. The second-order valence-electron chi connectivity index (χ2n) is 9.46. The first-order valence-corrected chi connectivity index (χ1v) is 13.5. The molecule has 0 radical (unpaired) electrons. The Balaban J connectivity index is 0.000000161. The van der Waals surface area contributed by atoms with Crippen LogP contribution in [0.4, 0.5) is 0 Å². The molecular weight excluding hydrogens is 496 g/mol. The number of para-hydroxylation sites is 2. The van der Waals surface area contributed by atoms with Gasteiger partial charge in [-0.3, -0.25) is 9.59 Å². The van der Waals surface area contributed by atoms with Gasteiger partial charge in [-0.1, -0.05) is 72.8 Å². The number of benzene rings is 4. The lowest BCUT2D eigenvalue weighted by atomic mass is 10.1. The van der Waals surface area contributed by atoms with Gasteiger partial charge in [0, 0.05) is 58.4 Å². The van der Waals surface area contributed by atoms with E-state index in [-0.39, 0.29) is 11.8 Å². The van der Waals surface area contributed by atoms with E-state index in [0.29, 0.717) is 24.2 Å². The van der Waals surface area contributed by atoms with Crippen LogP contribution in [0.25, 0.3) is 21.8 Å². The van der Waals surface area contributed by atoms with E-state index in [0.717, 1.165) is 23.9 Å². The van der Waals surface area contributed by atoms with Gasteiger partial charge in [-0.05, 0) is 60.4 Å². The summed E-state index contributed by atoms with van der Waals surface area (Å²) in [5.41, 5.74) is 6.13. The van der Waals surface area contributed by atoms with Crippen LogP contribution in [0.2, 0.25) is 0 Å². The van der Waals surface area contributed by atoms with Crippen molar-refractivity contribution in [1.29, 1.82) is 0 Å². The van der Waals surface area contributed by atoms with E-state index in [9.17, 15) is 9.59 Å². The highest BCUT2D eigenvalue weighted by atomic mass is 16.2. The van der Waals surface area contributed by atoms with Crippen LogP contribution in [-0.2, 0) is 12.8 Å². The minimum atomic E-state index is -0.0227. The summed E-state index contributed by atoms with van der Waals surface area (Å²) >= 11 is 0. The molecule has 4 aromatic carbocycles. The Hall–Kier alpha value is -5.10. The maximum Gasteiger partial charge on any atom is 0.251 e. The second-order valence-corrected chi connectivity index (χ2v) is 9.46. The fraction of sp³-hybridized carbons (Fsp3) is 0.118.